The summed E-state index contributed by atoms with van der Waals surface area (Å²) in [7, 11) is 2.20. The summed E-state index contributed by atoms with van der Waals surface area (Å²) >= 11 is 1.85. The van der Waals surface area contributed by atoms with Gasteiger partial charge in [0, 0.05) is 46.7 Å². The van der Waals surface area contributed by atoms with Crippen molar-refractivity contribution in [3.63, 3.8) is 0 Å². The van der Waals surface area contributed by atoms with E-state index in [9.17, 15) is 4.79 Å². The van der Waals surface area contributed by atoms with E-state index in [1.807, 2.05) is 30.4 Å². The summed E-state index contributed by atoms with van der Waals surface area (Å²) in [6.45, 7) is 9.25. The van der Waals surface area contributed by atoms with Gasteiger partial charge in [0.2, 0.25) is 0 Å². The fourth-order valence-electron chi connectivity index (χ4n) is 4.99. The van der Waals surface area contributed by atoms with Gasteiger partial charge in [0.25, 0.3) is 5.91 Å². The normalized spacial score (nSPS) is 17.8. The molecule has 7 heteroatoms. The third-order valence-corrected chi connectivity index (χ3v) is 8.73. The van der Waals surface area contributed by atoms with Crippen LogP contribution in [0.2, 0.25) is 0 Å². The molecule has 2 aromatic carbocycles. The highest BCUT2D eigenvalue weighted by molar-refractivity contribution is 7.15. The molecule has 196 valence electrons. The predicted octanol–water partition coefficient (Wildman–Crippen LogP) is 4.78. The summed E-state index contributed by atoms with van der Waals surface area (Å²) in [5, 5.41) is 13.7. The van der Waals surface area contributed by atoms with E-state index in [0.717, 1.165) is 42.0 Å². The monoisotopic (exact) mass is 517 g/mol. The minimum Gasteiger partial charge on any atom is -0.380 e. The zero-order valence-electron chi connectivity index (χ0n) is 22.1. The van der Waals surface area contributed by atoms with Crippen molar-refractivity contribution >= 4 is 22.9 Å². The smallest absolute Gasteiger partial charge is 0.252 e. The summed E-state index contributed by atoms with van der Waals surface area (Å²) in [5.41, 5.74) is 5.01. The van der Waals surface area contributed by atoms with E-state index in [0.29, 0.717) is 12.1 Å². The van der Waals surface area contributed by atoms with Gasteiger partial charge in [0.1, 0.15) is 0 Å². The second-order valence-electron chi connectivity index (χ2n) is 10.6. The Hall–Kier alpha value is -2.71. The number of piperidine rings is 1. The molecule has 5 rings (SSSR count). The number of carbonyl (C=O) groups excluding carboxylic acids is 1. The van der Waals surface area contributed by atoms with Crippen molar-refractivity contribution in [1.29, 1.82) is 0 Å². The maximum atomic E-state index is 13.2. The van der Waals surface area contributed by atoms with Crippen molar-refractivity contribution in [2.75, 3.05) is 38.5 Å². The van der Waals surface area contributed by atoms with Gasteiger partial charge in [0.05, 0.1) is 12.1 Å². The van der Waals surface area contributed by atoms with Crippen LogP contribution in [-0.4, -0.2) is 56.1 Å². The first-order valence-electron chi connectivity index (χ1n) is 13.4. The minimum absolute atomic E-state index is 0.0378. The largest absolute Gasteiger partial charge is 0.380 e. The number of likely N-dealkylation sites (tertiary alicyclic amines) is 1. The Bertz CT molecular complexity index is 1210. The average molecular weight is 518 g/mol. The Morgan fingerprint density at radius 1 is 1.08 bits per heavy atom. The van der Waals surface area contributed by atoms with Crippen molar-refractivity contribution in [2.24, 2.45) is 0 Å². The molecule has 0 bridgehead atoms. The van der Waals surface area contributed by atoms with E-state index in [2.05, 4.69) is 82.6 Å². The Kier molecular flexibility index (Phi) is 8.25. The summed E-state index contributed by atoms with van der Waals surface area (Å²) in [4.78, 5) is 18.2. The number of thiophene rings is 1. The minimum atomic E-state index is -0.0928. The van der Waals surface area contributed by atoms with E-state index in [4.69, 9.17) is 0 Å². The Morgan fingerprint density at radius 3 is 2.65 bits per heavy atom. The third kappa shape index (κ3) is 6.60. The third-order valence-electron chi connectivity index (χ3n) is 7.60. The van der Waals surface area contributed by atoms with Crippen molar-refractivity contribution < 1.29 is 4.79 Å². The van der Waals surface area contributed by atoms with Gasteiger partial charge in [-0.15, -0.1) is 11.3 Å². The highest BCUT2D eigenvalue weighted by Crippen LogP contribution is 2.30. The summed E-state index contributed by atoms with van der Waals surface area (Å²) in [6, 6.07) is 20.0. The summed E-state index contributed by atoms with van der Waals surface area (Å²) in [5.74, 6) is -0.0378. The lowest BCUT2D eigenvalue weighted by Crippen LogP contribution is -2.51. The van der Waals surface area contributed by atoms with Crippen LogP contribution in [0.3, 0.4) is 0 Å². The molecule has 3 aromatic rings. The van der Waals surface area contributed by atoms with Crippen LogP contribution in [0.1, 0.15) is 52.2 Å². The van der Waals surface area contributed by atoms with Crippen LogP contribution in [-0.2, 0) is 6.54 Å². The van der Waals surface area contributed by atoms with Gasteiger partial charge >= 0.3 is 0 Å². The Balaban J connectivity index is 1.20. The van der Waals surface area contributed by atoms with Crippen molar-refractivity contribution in [3.8, 4) is 10.4 Å². The number of nitrogens with zero attached hydrogens (tertiary/aromatic N) is 1. The first-order valence-corrected chi connectivity index (χ1v) is 14.3. The van der Waals surface area contributed by atoms with Gasteiger partial charge in [-0.25, -0.2) is 0 Å². The van der Waals surface area contributed by atoms with Crippen LogP contribution in [0, 0.1) is 6.92 Å². The first kappa shape index (κ1) is 25.9. The van der Waals surface area contributed by atoms with Gasteiger partial charge in [-0.3, -0.25) is 4.79 Å². The molecule has 1 aromatic heterocycles. The molecule has 3 heterocycles. The lowest BCUT2D eigenvalue weighted by molar-refractivity contribution is 0.0939. The quantitative estimate of drug-likeness (QED) is 0.329. The Labute approximate surface area is 224 Å². The van der Waals surface area contributed by atoms with Crippen LogP contribution in [0.15, 0.2) is 54.6 Å². The maximum absolute atomic E-state index is 13.2. The van der Waals surface area contributed by atoms with Gasteiger partial charge < -0.3 is 26.2 Å². The second-order valence-corrected chi connectivity index (χ2v) is 11.7. The van der Waals surface area contributed by atoms with Crippen LogP contribution >= 0.6 is 11.3 Å². The number of aryl methyl sites for hydroxylation is 1. The zero-order valence-corrected chi connectivity index (χ0v) is 23.0. The maximum Gasteiger partial charge on any atom is 0.252 e. The van der Waals surface area contributed by atoms with E-state index >= 15 is 0 Å². The zero-order chi connectivity index (χ0) is 25.8. The fraction of sp³-hybridized carbons (Fsp3) is 0.433. The van der Waals surface area contributed by atoms with E-state index in [1.54, 1.807) is 0 Å². The number of rotatable bonds is 9. The molecule has 37 heavy (non-hydrogen) atoms. The lowest BCUT2D eigenvalue weighted by atomic mass is 10.0. The molecule has 2 aliphatic heterocycles. The molecule has 2 aliphatic rings. The molecule has 4 N–H and O–H groups in total. The summed E-state index contributed by atoms with van der Waals surface area (Å²) < 4.78 is 0. The van der Waals surface area contributed by atoms with Crippen LogP contribution in [0.5, 0.6) is 0 Å². The van der Waals surface area contributed by atoms with E-state index in [1.165, 1.54) is 41.2 Å². The van der Waals surface area contributed by atoms with Gasteiger partial charge in [0.15, 0.2) is 0 Å². The molecule has 0 radical (unpaired) electrons. The number of hydrogen-bond acceptors (Lipinski definition) is 6. The molecule has 6 nitrogen and oxygen atoms in total. The van der Waals surface area contributed by atoms with Crippen molar-refractivity contribution in [3.05, 3.63) is 76.2 Å². The van der Waals surface area contributed by atoms with Crippen molar-refractivity contribution in [1.82, 2.24) is 20.9 Å². The van der Waals surface area contributed by atoms with E-state index in [-0.39, 0.29) is 11.9 Å². The number of amides is 1. The highest BCUT2D eigenvalue weighted by atomic mass is 32.1. The number of benzene rings is 2. The molecule has 0 spiro atoms. The molecule has 1 amide bonds. The molecule has 0 saturated carbocycles. The SMILES string of the molecule is Cc1ccc(NC2CNC2)cc1C(=O)NC(C)c1cccc(-c2ccc(CNC3CCN(C)CC3)s2)c1. The first-order chi connectivity index (χ1) is 17.9. The Morgan fingerprint density at radius 2 is 1.89 bits per heavy atom. The standard InChI is InChI=1S/C30H39N5OS/c1-20-7-8-25(34-26-17-31-18-26)16-28(20)30(36)33-21(2)22-5-4-6-23(15-22)29-10-9-27(37-29)19-32-24-11-13-35(3)14-12-24/h4-10,15-16,21,24,26,31-32,34H,11-14,17-19H2,1-3H3,(H,33,36). The second kappa shape index (κ2) is 11.8. The number of anilines is 1. The molecule has 2 saturated heterocycles. The summed E-state index contributed by atoms with van der Waals surface area (Å²) in [6.07, 6.45) is 2.44. The molecule has 1 atom stereocenters. The highest BCUT2D eigenvalue weighted by Gasteiger charge is 2.19. The molecule has 0 aliphatic carbocycles. The van der Waals surface area contributed by atoms with Gasteiger partial charge in [-0.1, -0.05) is 24.3 Å². The molecular weight excluding hydrogens is 478 g/mol. The van der Waals surface area contributed by atoms with Gasteiger partial charge in [-0.2, -0.15) is 0 Å². The molecular formula is C30H39N5OS. The molecule has 1 unspecified atom stereocenters. The van der Waals surface area contributed by atoms with Gasteiger partial charge in [-0.05, 0) is 93.8 Å². The van der Waals surface area contributed by atoms with Crippen LogP contribution in [0.4, 0.5) is 5.69 Å². The molecule has 2 fully saturated rings. The number of hydrogen-bond donors (Lipinski definition) is 4. The topological polar surface area (TPSA) is 68.4 Å². The van der Waals surface area contributed by atoms with Crippen LogP contribution in [0.25, 0.3) is 10.4 Å². The van der Waals surface area contributed by atoms with E-state index < -0.39 is 0 Å². The lowest BCUT2D eigenvalue weighted by Gasteiger charge is -2.29. The predicted molar refractivity (Wildman–Crippen MR) is 154 cm³/mol. The van der Waals surface area contributed by atoms with Crippen LogP contribution < -0.4 is 21.3 Å². The number of carbonyl (C=O) groups is 1. The number of nitrogens with one attached hydrogen (secondary N) is 4. The average Bonchev–Trinajstić information content (AvgIpc) is 3.36. The fourth-order valence-corrected chi connectivity index (χ4v) is 5.94. The van der Waals surface area contributed by atoms with Crippen molar-refractivity contribution in [2.45, 2.75) is 51.4 Å².